The van der Waals surface area contributed by atoms with Gasteiger partial charge in [0.2, 0.25) is 0 Å². The molecule has 1 aromatic heterocycles. The van der Waals surface area contributed by atoms with Crippen molar-refractivity contribution in [2.75, 3.05) is 44.2 Å². The van der Waals surface area contributed by atoms with E-state index in [0.717, 1.165) is 17.4 Å². The Morgan fingerprint density at radius 2 is 1.88 bits per heavy atom. The first kappa shape index (κ1) is 25.6. The van der Waals surface area contributed by atoms with E-state index < -0.39 is 14.2 Å². The molecule has 1 N–H and O–H groups in total. The lowest BCUT2D eigenvalue weighted by Gasteiger charge is -2.41. The standard InChI is InChI=1S/C24H35N5O4Si/c1-34(2,3)15-14-32-24(31)25-16-21-17-28(12-13-29(21)22-10-7-11-26-27-22)18-23(30)33-19-20-8-5-4-6-9-20/h4-11,21H,12-19H2,1-3H3,(H,25,31)/t21-/m0/s1. The van der Waals surface area contributed by atoms with Crippen molar-refractivity contribution < 1.29 is 19.1 Å². The number of carbonyl (C=O) groups excluding carboxylic acids is 2. The Labute approximate surface area is 202 Å². The van der Waals surface area contributed by atoms with Crippen molar-refractivity contribution in [3.63, 3.8) is 0 Å². The number of carbonyl (C=O) groups is 2. The SMILES string of the molecule is C[Si](C)(C)CCOC(=O)NC[C@H]1CN(CC(=O)OCc2ccccc2)CCN1c1cccnn1. The summed E-state index contributed by atoms with van der Waals surface area (Å²) in [6.45, 7) is 9.89. The number of nitrogens with zero attached hydrogens (tertiary/aromatic N) is 4. The van der Waals surface area contributed by atoms with Crippen LogP contribution in [0.3, 0.4) is 0 Å². The van der Waals surface area contributed by atoms with Crippen LogP contribution in [0.2, 0.25) is 25.7 Å². The Morgan fingerprint density at radius 1 is 1.09 bits per heavy atom. The second-order valence-electron chi connectivity index (χ2n) is 9.64. The second-order valence-corrected chi connectivity index (χ2v) is 15.3. The summed E-state index contributed by atoms with van der Waals surface area (Å²) >= 11 is 0. The molecular weight excluding hydrogens is 450 g/mol. The summed E-state index contributed by atoms with van der Waals surface area (Å²) in [5, 5.41) is 11.1. The fourth-order valence-corrected chi connectivity index (χ4v) is 4.37. The molecule has 3 rings (SSSR count). The minimum Gasteiger partial charge on any atom is -0.460 e. The topological polar surface area (TPSA) is 96.9 Å². The Kier molecular flexibility index (Phi) is 9.40. The van der Waals surface area contributed by atoms with Crippen LogP contribution in [-0.4, -0.2) is 80.6 Å². The van der Waals surface area contributed by atoms with E-state index in [1.165, 1.54) is 0 Å². The Balaban J connectivity index is 1.53. The smallest absolute Gasteiger partial charge is 0.407 e. The van der Waals surface area contributed by atoms with Crippen LogP contribution < -0.4 is 10.2 Å². The number of rotatable bonds is 10. The highest BCUT2D eigenvalue weighted by atomic mass is 28.3. The van der Waals surface area contributed by atoms with Gasteiger partial charge in [0.25, 0.3) is 0 Å². The quantitative estimate of drug-likeness (QED) is 0.405. The summed E-state index contributed by atoms with van der Waals surface area (Å²) in [7, 11) is -1.27. The van der Waals surface area contributed by atoms with Gasteiger partial charge in [0.15, 0.2) is 5.82 Å². The lowest BCUT2D eigenvalue weighted by Crippen LogP contribution is -2.58. The first-order chi connectivity index (χ1) is 16.3. The predicted octanol–water partition coefficient (Wildman–Crippen LogP) is 2.78. The number of aromatic nitrogens is 2. The summed E-state index contributed by atoms with van der Waals surface area (Å²) in [5.41, 5.74) is 0.957. The van der Waals surface area contributed by atoms with Crippen LogP contribution in [0.1, 0.15) is 5.56 Å². The Hall–Kier alpha value is -2.98. The molecule has 2 heterocycles. The number of anilines is 1. The van der Waals surface area contributed by atoms with E-state index >= 15 is 0 Å². The van der Waals surface area contributed by atoms with Gasteiger partial charge in [0.1, 0.15) is 6.61 Å². The highest BCUT2D eigenvalue weighted by Crippen LogP contribution is 2.17. The molecule has 184 valence electrons. The van der Waals surface area contributed by atoms with Gasteiger partial charge < -0.3 is 19.7 Å². The number of esters is 1. The van der Waals surface area contributed by atoms with Crippen molar-refractivity contribution in [2.45, 2.75) is 38.3 Å². The van der Waals surface area contributed by atoms with Crippen molar-refractivity contribution in [1.82, 2.24) is 20.4 Å². The van der Waals surface area contributed by atoms with Gasteiger partial charge in [0, 0.05) is 40.4 Å². The molecule has 1 aliphatic heterocycles. The molecule has 0 aliphatic carbocycles. The highest BCUT2D eigenvalue weighted by Gasteiger charge is 2.30. The molecule has 2 aromatic rings. The minimum atomic E-state index is -1.27. The number of alkyl carbamates (subject to hydrolysis) is 1. The molecule has 0 bridgehead atoms. The van der Waals surface area contributed by atoms with E-state index in [4.69, 9.17) is 9.47 Å². The first-order valence-corrected chi connectivity index (χ1v) is 15.4. The number of hydrogen-bond acceptors (Lipinski definition) is 8. The monoisotopic (exact) mass is 485 g/mol. The van der Waals surface area contributed by atoms with Gasteiger partial charge in [-0.25, -0.2) is 4.79 Å². The Bertz CT molecular complexity index is 911. The fraction of sp³-hybridized carbons (Fsp3) is 0.500. The van der Waals surface area contributed by atoms with Crippen LogP contribution in [0.15, 0.2) is 48.7 Å². The molecule has 0 unspecified atom stereocenters. The van der Waals surface area contributed by atoms with Crippen molar-refractivity contribution >= 4 is 26.0 Å². The van der Waals surface area contributed by atoms with E-state index in [-0.39, 0.29) is 25.2 Å². The fourth-order valence-electron chi connectivity index (χ4n) is 3.65. The summed E-state index contributed by atoms with van der Waals surface area (Å²) in [6, 6.07) is 14.2. The molecule has 9 nitrogen and oxygen atoms in total. The zero-order chi connectivity index (χ0) is 24.4. The minimum absolute atomic E-state index is 0.0862. The van der Waals surface area contributed by atoms with Crippen LogP contribution in [0.5, 0.6) is 0 Å². The van der Waals surface area contributed by atoms with Gasteiger partial charge in [-0.2, -0.15) is 5.10 Å². The normalized spacial score (nSPS) is 16.7. The average molecular weight is 486 g/mol. The maximum Gasteiger partial charge on any atom is 0.407 e. The van der Waals surface area contributed by atoms with E-state index in [1.807, 2.05) is 47.4 Å². The van der Waals surface area contributed by atoms with Crippen molar-refractivity contribution in [3.8, 4) is 0 Å². The molecule has 1 fully saturated rings. The first-order valence-electron chi connectivity index (χ1n) is 11.7. The van der Waals surface area contributed by atoms with Crippen LogP contribution in [0.4, 0.5) is 10.6 Å². The summed E-state index contributed by atoms with van der Waals surface area (Å²) < 4.78 is 10.8. The summed E-state index contributed by atoms with van der Waals surface area (Å²) in [6.07, 6.45) is 1.21. The number of nitrogens with one attached hydrogen (secondary N) is 1. The Morgan fingerprint density at radius 3 is 2.59 bits per heavy atom. The lowest BCUT2D eigenvalue weighted by molar-refractivity contribution is -0.146. The van der Waals surface area contributed by atoms with Gasteiger partial charge in [0.05, 0.1) is 19.2 Å². The zero-order valence-electron chi connectivity index (χ0n) is 20.3. The molecule has 1 amide bonds. The van der Waals surface area contributed by atoms with Crippen molar-refractivity contribution in [1.29, 1.82) is 0 Å². The van der Waals surface area contributed by atoms with Crippen LogP contribution in [-0.2, 0) is 20.9 Å². The number of amides is 1. The maximum absolute atomic E-state index is 12.4. The highest BCUT2D eigenvalue weighted by molar-refractivity contribution is 6.76. The second kappa shape index (κ2) is 12.5. The van der Waals surface area contributed by atoms with Gasteiger partial charge in [-0.15, -0.1) is 5.10 Å². The van der Waals surface area contributed by atoms with Crippen LogP contribution in [0, 0.1) is 0 Å². The predicted molar refractivity (Wildman–Crippen MR) is 133 cm³/mol. The molecule has 0 saturated carbocycles. The lowest BCUT2D eigenvalue weighted by atomic mass is 10.1. The average Bonchev–Trinajstić information content (AvgIpc) is 2.82. The number of benzene rings is 1. The largest absolute Gasteiger partial charge is 0.460 e. The summed E-state index contributed by atoms with van der Waals surface area (Å²) in [5.74, 6) is 0.474. The van der Waals surface area contributed by atoms with E-state index in [2.05, 4.69) is 40.1 Å². The third-order valence-electron chi connectivity index (χ3n) is 5.58. The third-order valence-corrected chi connectivity index (χ3v) is 7.29. The van der Waals surface area contributed by atoms with Crippen LogP contribution >= 0.6 is 0 Å². The number of piperazine rings is 1. The maximum atomic E-state index is 12.4. The summed E-state index contributed by atoms with van der Waals surface area (Å²) in [4.78, 5) is 28.8. The van der Waals surface area contributed by atoms with Gasteiger partial charge in [-0.3, -0.25) is 9.69 Å². The van der Waals surface area contributed by atoms with E-state index in [1.54, 1.807) is 6.20 Å². The van der Waals surface area contributed by atoms with Gasteiger partial charge in [-0.05, 0) is 23.7 Å². The molecule has 1 aliphatic rings. The molecule has 1 aromatic carbocycles. The molecule has 1 saturated heterocycles. The van der Waals surface area contributed by atoms with E-state index in [0.29, 0.717) is 32.8 Å². The molecule has 0 spiro atoms. The molecule has 10 heteroatoms. The molecule has 34 heavy (non-hydrogen) atoms. The van der Waals surface area contributed by atoms with Crippen molar-refractivity contribution in [3.05, 3.63) is 54.2 Å². The van der Waals surface area contributed by atoms with Crippen molar-refractivity contribution in [2.24, 2.45) is 0 Å². The zero-order valence-corrected chi connectivity index (χ0v) is 21.3. The molecular formula is C24H35N5O4Si. The molecule has 0 radical (unpaired) electrons. The van der Waals surface area contributed by atoms with E-state index in [9.17, 15) is 9.59 Å². The number of ether oxygens (including phenoxy) is 2. The number of hydrogen-bond donors (Lipinski definition) is 1. The van der Waals surface area contributed by atoms with Crippen LogP contribution in [0.25, 0.3) is 0 Å². The van der Waals surface area contributed by atoms with Gasteiger partial charge >= 0.3 is 12.1 Å². The van der Waals surface area contributed by atoms with Gasteiger partial charge in [-0.1, -0.05) is 50.0 Å². The third kappa shape index (κ3) is 8.75. The molecule has 1 atom stereocenters.